The van der Waals surface area contributed by atoms with Crippen LogP contribution in [-0.2, 0) is 0 Å². The Balaban J connectivity index is 1.96. The molecule has 3 nitrogen and oxygen atoms in total. The Bertz CT molecular complexity index is 416. The molecular formula is C14H19BrN2O. The molecule has 0 saturated carbocycles. The van der Waals surface area contributed by atoms with Crippen molar-refractivity contribution in [3.8, 4) is 0 Å². The molecule has 0 bridgehead atoms. The van der Waals surface area contributed by atoms with Crippen molar-refractivity contribution in [3.05, 3.63) is 34.3 Å². The van der Waals surface area contributed by atoms with Crippen LogP contribution in [0, 0.1) is 0 Å². The molecule has 98 valence electrons. The van der Waals surface area contributed by atoms with Crippen molar-refractivity contribution in [3.63, 3.8) is 0 Å². The molecular weight excluding hydrogens is 292 g/mol. The van der Waals surface area contributed by atoms with Gasteiger partial charge < -0.3 is 10.2 Å². The minimum Gasteiger partial charge on any atom is -0.336 e. The van der Waals surface area contributed by atoms with Gasteiger partial charge >= 0.3 is 6.03 Å². The van der Waals surface area contributed by atoms with Gasteiger partial charge in [-0.05, 0) is 38.0 Å². The van der Waals surface area contributed by atoms with Crippen LogP contribution < -0.4 is 5.32 Å². The monoisotopic (exact) mass is 310 g/mol. The van der Waals surface area contributed by atoms with E-state index in [4.69, 9.17) is 0 Å². The lowest BCUT2D eigenvalue weighted by molar-refractivity contribution is 0.205. The molecule has 1 unspecified atom stereocenters. The molecule has 4 heteroatoms. The summed E-state index contributed by atoms with van der Waals surface area (Å²) in [4.78, 5) is 13.8. The maximum atomic E-state index is 11.9. The molecule has 1 saturated heterocycles. The molecule has 1 aromatic rings. The summed E-state index contributed by atoms with van der Waals surface area (Å²) in [6.45, 7) is 5.64. The van der Waals surface area contributed by atoms with Gasteiger partial charge in [-0.3, -0.25) is 0 Å². The maximum absolute atomic E-state index is 11.9. The largest absolute Gasteiger partial charge is 0.336 e. The van der Waals surface area contributed by atoms with E-state index in [0.29, 0.717) is 5.92 Å². The van der Waals surface area contributed by atoms with Crippen molar-refractivity contribution in [2.45, 2.75) is 32.2 Å². The van der Waals surface area contributed by atoms with E-state index in [-0.39, 0.29) is 12.1 Å². The number of halogens is 1. The van der Waals surface area contributed by atoms with Crippen molar-refractivity contribution in [2.24, 2.45) is 0 Å². The molecule has 1 N–H and O–H groups in total. The summed E-state index contributed by atoms with van der Waals surface area (Å²) in [5.74, 6) is 0.469. The Labute approximate surface area is 117 Å². The van der Waals surface area contributed by atoms with E-state index in [9.17, 15) is 4.79 Å². The highest BCUT2D eigenvalue weighted by Gasteiger charge is 2.27. The van der Waals surface area contributed by atoms with Gasteiger partial charge in [-0.2, -0.15) is 0 Å². The SMILES string of the molecule is CC(C)NC(=O)N1CCC(c2ccc(Br)cc2)C1. The number of nitrogens with one attached hydrogen (secondary N) is 1. The molecule has 1 aliphatic heterocycles. The summed E-state index contributed by atoms with van der Waals surface area (Å²) in [6, 6.07) is 8.66. The van der Waals surface area contributed by atoms with Crippen molar-refractivity contribution in [1.29, 1.82) is 0 Å². The van der Waals surface area contributed by atoms with Gasteiger partial charge in [0.05, 0.1) is 0 Å². The summed E-state index contributed by atoms with van der Waals surface area (Å²) < 4.78 is 1.10. The van der Waals surface area contributed by atoms with Gasteiger partial charge in [-0.1, -0.05) is 28.1 Å². The summed E-state index contributed by atoms with van der Waals surface area (Å²) in [5.41, 5.74) is 1.32. The van der Waals surface area contributed by atoms with Crippen molar-refractivity contribution < 1.29 is 4.79 Å². The number of carbonyl (C=O) groups is 1. The third-order valence-corrected chi connectivity index (χ3v) is 3.76. The summed E-state index contributed by atoms with van der Waals surface area (Å²) in [7, 11) is 0. The number of hydrogen-bond donors (Lipinski definition) is 1. The quantitative estimate of drug-likeness (QED) is 0.892. The second kappa shape index (κ2) is 5.74. The maximum Gasteiger partial charge on any atom is 0.317 e. The van der Waals surface area contributed by atoms with E-state index < -0.39 is 0 Å². The van der Waals surface area contributed by atoms with Gasteiger partial charge in [0.1, 0.15) is 0 Å². The Morgan fingerprint density at radius 1 is 1.39 bits per heavy atom. The van der Waals surface area contributed by atoms with Crippen LogP contribution in [0.25, 0.3) is 0 Å². The third kappa shape index (κ3) is 3.25. The zero-order chi connectivity index (χ0) is 13.1. The molecule has 0 aromatic heterocycles. The fraction of sp³-hybridized carbons (Fsp3) is 0.500. The Kier molecular flexibility index (Phi) is 4.27. The van der Waals surface area contributed by atoms with Crippen molar-refractivity contribution in [2.75, 3.05) is 13.1 Å². The average molecular weight is 311 g/mol. The molecule has 2 amide bonds. The summed E-state index contributed by atoms with van der Waals surface area (Å²) in [6.07, 6.45) is 1.05. The van der Waals surface area contributed by atoms with Crippen LogP contribution in [0.3, 0.4) is 0 Å². The first-order valence-electron chi connectivity index (χ1n) is 6.37. The van der Waals surface area contributed by atoms with Crippen LogP contribution in [0.4, 0.5) is 4.79 Å². The van der Waals surface area contributed by atoms with E-state index in [1.807, 2.05) is 18.7 Å². The van der Waals surface area contributed by atoms with Gasteiger partial charge in [0.25, 0.3) is 0 Å². The van der Waals surface area contributed by atoms with Gasteiger partial charge in [-0.15, -0.1) is 0 Å². The van der Waals surface area contributed by atoms with E-state index in [0.717, 1.165) is 24.0 Å². The smallest absolute Gasteiger partial charge is 0.317 e. The molecule has 1 aromatic carbocycles. The Hall–Kier alpha value is -1.03. The second-order valence-corrected chi connectivity index (χ2v) is 6.00. The molecule has 0 spiro atoms. The lowest BCUT2D eigenvalue weighted by Gasteiger charge is -2.19. The highest BCUT2D eigenvalue weighted by Crippen LogP contribution is 2.28. The van der Waals surface area contributed by atoms with Crippen LogP contribution in [0.15, 0.2) is 28.7 Å². The molecule has 1 heterocycles. The fourth-order valence-corrected chi connectivity index (χ4v) is 2.55. The van der Waals surface area contributed by atoms with Crippen molar-refractivity contribution >= 4 is 22.0 Å². The van der Waals surface area contributed by atoms with Crippen LogP contribution in [0.5, 0.6) is 0 Å². The fourth-order valence-electron chi connectivity index (χ4n) is 2.29. The number of benzene rings is 1. The molecule has 1 aliphatic rings. The van der Waals surface area contributed by atoms with E-state index in [2.05, 4.69) is 45.5 Å². The number of rotatable bonds is 2. The minimum absolute atomic E-state index is 0.0598. The predicted octanol–water partition coefficient (Wildman–Crippen LogP) is 3.36. The zero-order valence-electron chi connectivity index (χ0n) is 10.8. The first-order valence-corrected chi connectivity index (χ1v) is 7.16. The minimum atomic E-state index is 0.0598. The molecule has 18 heavy (non-hydrogen) atoms. The highest BCUT2D eigenvalue weighted by molar-refractivity contribution is 9.10. The Morgan fingerprint density at radius 2 is 2.06 bits per heavy atom. The summed E-state index contributed by atoms with van der Waals surface area (Å²) >= 11 is 3.44. The predicted molar refractivity (Wildman–Crippen MR) is 76.7 cm³/mol. The highest BCUT2D eigenvalue weighted by atomic mass is 79.9. The lowest BCUT2D eigenvalue weighted by atomic mass is 9.99. The van der Waals surface area contributed by atoms with Crippen LogP contribution >= 0.6 is 15.9 Å². The van der Waals surface area contributed by atoms with Gasteiger partial charge in [0, 0.05) is 29.5 Å². The number of carbonyl (C=O) groups excluding carboxylic acids is 1. The van der Waals surface area contributed by atoms with Gasteiger partial charge in [-0.25, -0.2) is 4.79 Å². The van der Waals surface area contributed by atoms with Crippen LogP contribution in [-0.4, -0.2) is 30.1 Å². The molecule has 2 rings (SSSR count). The Morgan fingerprint density at radius 3 is 2.67 bits per heavy atom. The molecule has 1 fully saturated rings. The topological polar surface area (TPSA) is 32.3 Å². The lowest BCUT2D eigenvalue weighted by Crippen LogP contribution is -2.41. The van der Waals surface area contributed by atoms with Crippen molar-refractivity contribution in [1.82, 2.24) is 10.2 Å². The standard InChI is InChI=1S/C14H19BrN2O/c1-10(2)16-14(18)17-8-7-12(9-17)11-3-5-13(15)6-4-11/h3-6,10,12H,7-9H2,1-2H3,(H,16,18). The van der Waals surface area contributed by atoms with E-state index in [1.54, 1.807) is 0 Å². The number of amides is 2. The number of nitrogens with zero attached hydrogens (tertiary/aromatic N) is 1. The van der Waals surface area contributed by atoms with Crippen LogP contribution in [0.2, 0.25) is 0 Å². The number of hydrogen-bond acceptors (Lipinski definition) is 1. The third-order valence-electron chi connectivity index (χ3n) is 3.23. The zero-order valence-corrected chi connectivity index (χ0v) is 12.4. The van der Waals surface area contributed by atoms with Crippen LogP contribution in [0.1, 0.15) is 31.7 Å². The second-order valence-electron chi connectivity index (χ2n) is 5.09. The van der Waals surface area contributed by atoms with E-state index >= 15 is 0 Å². The summed E-state index contributed by atoms with van der Waals surface area (Å²) in [5, 5.41) is 2.95. The number of likely N-dealkylation sites (tertiary alicyclic amines) is 1. The number of urea groups is 1. The molecule has 0 radical (unpaired) electrons. The van der Waals surface area contributed by atoms with E-state index in [1.165, 1.54) is 5.56 Å². The van der Waals surface area contributed by atoms with Gasteiger partial charge in [0.2, 0.25) is 0 Å². The molecule has 0 aliphatic carbocycles. The molecule has 1 atom stereocenters. The first kappa shape index (κ1) is 13.4. The average Bonchev–Trinajstić information content (AvgIpc) is 2.78. The van der Waals surface area contributed by atoms with Gasteiger partial charge in [0.15, 0.2) is 0 Å². The normalized spacial score (nSPS) is 19.3. The first-order chi connectivity index (χ1) is 8.56.